The minimum Gasteiger partial charge on any atom is -0.493 e. The Bertz CT molecular complexity index is 284. The van der Waals surface area contributed by atoms with Crippen LogP contribution in [0.15, 0.2) is 22.7 Å². The first kappa shape index (κ1) is 12.0. The van der Waals surface area contributed by atoms with E-state index in [1.807, 2.05) is 0 Å². The summed E-state index contributed by atoms with van der Waals surface area (Å²) in [6, 6.07) is 4.54. The first-order valence-electron chi connectivity index (χ1n) is 4.26. The molecule has 0 aliphatic heterocycles. The summed E-state index contributed by atoms with van der Waals surface area (Å²) in [5.41, 5.74) is 0. The Morgan fingerprint density at radius 2 is 2.14 bits per heavy atom. The molecule has 1 aromatic carbocycles. The fourth-order valence-electron chi connectivity index (χ4n) is 0.895. The van der Waals surface area contributed by atoms with Crippen LogP contribution >= 0.6 is 31.9 Å². The zero-order valence-electron chi connectivity index (χ0n) is 7.77. The molecule has 0 radical (unpaired) electrons. The number of halogens is 3. The third-order valence-corrected chi connectivity index (χ3v) is 3.20. The highest BCUT2D eigenvalue weighted by Crippen LogP contribution is 2.21. The molecule has 0 heterocycles. The van der Waals surface area contributed by atoms with Gasteiger partial charge in [0.25, 0.3) is 0 Å². The SMILES string of the molecule is CC(CBr)COc1cc(F)cc(Br)c1. The maximum Gasteiger partial charge on any atom is 0.128 e. The lowest BCUT2D eigenvalue weighted by atomic mass is 10.2. The lowest BCUT2D eigenvalue weighted by Gasteiger charge is -2.10. The van der Waals surface area contributed by atoms with Gasteiger partial charge in [0.1, 0.15) is 11.6 Å². The molecule has 0 amide bonds. The summed E-state index contributed by atoms with van der Waals surface area (Å²) in [5, 5.41) is 0.878. The van der Waals surface area contributed by atoms with E-state index >= 15 is 0 Å². The van der Waals surface area contributed by atoms with E-state index in [-0.39, 0.29) is 5.82 Å². The molecule has 0 aliphatic carbocycles. The van der Waals surface area contributed by atoms with Gasteiger partial charge in [-0.1, -0.05) is 38.8 Å². The van der Waals surface area contributed by atoms with Gasteiger partial charge in [-0.2, -0.15) is 0 Å². The summed E-state index contributed by atoms with van der Waals surface area (Å²) in [7, 11) is 0. The van der Waals surface area contributed by atoms with Gasteiger partial charge in [-0.25, -0.2) is 4.39 Å². The Labute approximate surface area is 99.9 Å². The second-order valence-electron chi connectivity index (χ2n) is 3.18. The Balaban J connectivity index is 2.58. The van der Waals surface area contributed by atoms with Crippen molar-refractivity contribution in [1.29, 1.82) is 0 Å². The maximum absolute atomic E-state index is 12.9. The lowest BCUT2D eigenvalue weighted by molar-refractivity contribution is 0.273. The van der Waals surface area contributed by atoms with E-state index in [2.05, 4.69) is 38.8 Å². The van der Waals surface area contributed by atoms with Crippen LogP contribution in [0.5, 0.6) is 5.75 Å². The second-order valence-corrected chi connectivity index (χ2v) is 4.74. The molecule has 1 rings (SSSR count). The summed E-state index contributed by atoms with van der Waals surface area (Å²) < 4.78 is 19.0. The molecule has 1 unspecified atom stereocenters. The van der Waals surface area contributed by atoms with E-state index < -0.39 is 0 Å². The summed E-state index contributed by atoms with van der Waals surface area (Å²) in [5.74, 6) is 0.683. The molecule has 78 valence electrons. The molecule has 0 bridgehead atoms. The molecule has 1 nitrogen and oxygen atoms in total. The van der Waals surface area contributed by atoms with Crippen LogP contribution in [-0.4, -0.2) is 11.9 Å². The van der Waals surface area contributed by atoms with Crippen LogP contribution < -0.4 is 4.74 Å². The van der Waals surface area contributed by atoms with E-state index in [9.17, 15) is 4.39 Å². The van der Waals surface area contributed by atoms with Gasteiger partial charge in [-0.05, 0) is 18.1 Å². The van der Waals surface area contributed by atoms with Gasteiger partial charge in [-0.15, -0.1) is 0 Å². The van der Waals surface area contributed by atoms with Crippen LogP contribution in [0.25, 0.3) is 0 Å². The van der Waals surface area contributed by atoms with Crippen molar-refractivity contribution in [3.05, 3.63) is 28.5 Å². The first-order valence-corrected chi connectivity index (χ1v) is 6.18. The normalized spacial score (nSPS) is 12.6. The quantitative estimate of drug-likeness (QED) is 0.760. The number of rotatable bonds is 4. The molecule has 0 saturated carbocycles. The number of hydrogen-bond acceptors (Lipinski definition) is 1. The third-order valence-electron chi connectivity index (χ3n) is 1.63. The molecule has 0 fully saturated rings. The topological polar surface area (TPSA) is 9.23 Å². The highest BCUT2D eigenvalue weighted by molar-refractivity contribution is 9.10. The highest BCUT2D eigenvalue weighted by atomic mass is 79.9. The van der Waals surface area contributed by atoms with Crippen molar-refractivity contribution < 1.29 is 9.13 Å². The van der Waals surface area contributed by atoms with Gasteiger partial charge in [0.15, 0.2) is 0 Å². The smallest absolute Gasteiger partial charge is 0.128 e. The monoisotopic (exact) mass is 324 g/mol. The predicted molar refractivity (Wildman–Crippen MR) is 62.6 cm³/mol. The standard InChI is InChI=1S/C10H11Br2FO/c1-7(5-11)6-14-10-3-8(12)2-9(13)4-10/h2-4,7H,5-6H2,1H3. The summed E-state index contributed by atoms with van der Waals surface area (Å²) in [6.07, 6.45) is 0. The van der Waals surface area contributed by atoms with Crippen LogP contribution in [-0.2, 0) is 0 Å². The Kier molecular flexibility index (Phi) is 4.89. The molecule has 0 N–H and O–H groups in total. The van der Waals surface area contributed by atoms with Gasteiger partial charge < -0.3 is 4.74 Å². The van der Waals surface area contributed by atoms with Crippen LogP contribution in [0.4, 0.5) is 4.39 Å². The van der Waals surface area contributed by atoms with Gasteiger partial charge in [-0.3, -0.25) is 0 Å². The van der Waals surface area contributed by atoms with Crippen LogP contribution in [0.1, 0.15) is 6.92 Å². The van der Waals surface area contributed by atoms with Gasteiger partial charge in [0.05, 0.1) is 6.61 Å². The van der Waals surface area contributed by atoms with Gasteiger partial charge in [0.2, 0.25) is 0 Å². The summed E-state index contributed by atoms with van der Waals surface area (Å²) >= 11 is 6.56. The van der Waals surface area contributed by atoms with Gasteiger partial charge >= 0.3 is 0 Å². The molecule has 0 saturated heterocycles. The van der Waals surface area contributed by atoms with Crippen LogP contribution in [0.2, 0.25) is 0 Å². The zero-order valence-corrected chi connectivity index (χ0v) is 10.9. The molecule has 1 atom stereocenters. The molecule has 14 heavy (non-hydrogen) atoms. The maximum atomic E-state index is 12.9. The number of benzene rings is 1. The van der Waals surface area contributed by atoms with Crippen molar-refractivity contribution in [1.82, 2.24) is 0 Å². The predicted octanol–water partition coefficient (Wildman–Crippen LogP) is 4.00. The fraction of sp³-hybridized carbons (Fsp3) is 0.400. The second kappa shape index (κ2) is 5.71. The first-order chi connectivity index (χ1) is 6.61. The number of ether oxygens (including phenoxy) is 1. The van der Waals surface area contributed by atoms with Crippen molar-refractivity contribution in [3.63, 3.8) is 0 Å². The number of hydrogen-bond donors (Lipinski definition) is 0. The minimum absolute atomic E-state index is 0.291. The van der Waals surface area contributed by atoms with Crippen molar-refractivity contribution in [2.45, 2.75) is 6.92 Å². The molecule has 0 spiro atoms. The zero-order chi connectivity index (χ0) is 10.6. The van der Waals surface area contributed by atoms with Crippen molar-refractivity contribution in [2.75, 3.05) is 11.9 Å². The van der Waals surface area contributed by atoms with Crippen molar-refractivity contribution in [3.8, 4) is 5.75 Å². The van der Waals surface area contributed by atoms with Crippen LogP contribution in [0, 0.1) is 11.7 Å². The van der Waals surface area contributed by atoms with Crippen LogP contribution in [0.3, 0.4) is 0 Å². The highest BCUT2D eigenvalue weighted by Gasteiger charge is 2.03. The molecule has 0 aliphatic rings. The van der Waals surface area contributed by atoms with E-state index in [0.717, 1.165) is 5.33 Å². The van der Waals surface area contributed by atoms with E-state index in [4.69, 9.17) is 4.74 Å². The Morgan fingerprint density at radius 1 is 1.43 bits per heavy atom. The summed E-state index contributed by atoms with van der Waals surface area (Å²) in [4.78, 5) is 0. The molecule has 4 heteroatoms. The Morgan fingerprint density at radius 3 is 2.71 bits per heavy atom. The van der Waals surface area contributed by atoms with Crippen molar-refractivity contribution in [2.24, 2.45) is 5.92 Å². The summed E-state index contributed by atoms with van der Waals surface area (Å²) in [6.45, 7) is 2.64. The largest absolute Gasteiger partial charge is 0.493 e. The fourth-order valence-corrected chi connectivity index (χ4v) is 1.53. The average Bonchev–Trinajstić information content (AvgIpc) is 2.12. The molecule has 0 aromatic heterocycles. The lowest BCUT2D eigenvalue weighted by Crippen LogP contribution is -2.09. The van der Waals surface area contributed by atoms with E-state index in [0.29, 0.717) is 22.7 Å². The minimum atomic E-state index is -0.291. The molecular formula is C10H11Br2FO. The Hall–Kier alpha value is -0.0900. The molecular weight excluding hydrogens is 315 g/mol. The average molecular weight is 326 g/mol. The van der Waals surface area contributed by atoms with E-state index in [1.165, 1.54) is 12.1 Å². The molecule has 1 aromatic rings. The number of alkyl halides is 1. The third kappa shape index (κ3) is 3.96. The van der Waals surface area contributed by atoms with E-state index in [1.54, 1.807) is 6.07 Å². The van der Waals surface area contributed by atoms with Gasteiger partial charge in [0, 0.05) is 15.9 Å². The van der Waals surface area contributed by atoms with Crippen molar-refractivity contribution >= 4 is 31.9 Å².